The highest BCUT2D eigenvalue weighted by Crippen LogP contribution is 2.51. The molecule has 0 fully saturated rings. The molecule has 3 aliphatic rings. The maximum absolute atomic E-state index is 12.2. The number of aryl methyl sites for hydroxylation is 1. The minimum Gasteiger partial charge on any atom is -0.744 e. The minimum absolute atomic E-state index is 0.107. The molecule has 1 aliphatic carbocycles. The van der Waals surface area contributed by atoms with Gasteiger partial charge < -0.3 is 33.9 Å². The fourth-order valence-corrected chi connectivity index (χ4v) is 13.5. The maximum atomic E-state index is 12.2. The summed E-state index contributed by atoms with van der Waals surface area (Å²) in [6.45, 7) is 11.2. The Morgan fingerprint density at radius 3 is 1.89 bits per heavy atom. The number of hydrogen-bond acceptors (Lipinski definition) is 13. The molecule has 470 valence electrons. The number of fused-ring (bicyclic) bond motifs is 6. The van der Waals surface area contributed by atoms with Gasteiger partial charge in [-0.05, 0) is 133 Å². The number of carbonyl (C=O) groups is 1. The van der Waals surface area contributed by atoms with Crippen molar-refractivity contribution in [3.63, 3.8) is 0 Å². The number of methoxy groups -OCH3 is 2. The monoisotopic (exact) mass is 1290 g/mol. The second-order valence-electron chi connectivity index (χ2n) is 23.3. The molecule has 0 bridgehead atoms. The molecule has 0 radical (unpaired) electrons. The number of anilines is 3. The number of ketones is 1. The van der Waals surface area contributed by atoms with Crippen molar-refractivity contribution in [1.29, 1.82) is 5.39 Å². The molecule has 0 saturated heterocycles. The third kappa shape index (κ3) is 14.4. The average molecular weight is 1290 g/mol. The van der Waals surface area contributed by atoms with Crippen LogP contribution in [0.15, 0.2) is 244 Å². The standard InChI is InChI=1S/C40H40ClN2.C14H12O6S.C13H12N3O.C7H8O3S/c1-39(2)34(42(5)32-22-18-26-12-7-9-16-30(26)36(32)39)24-20-28-14-11-15-29(38(28)41)21-25-35-40(3,4)37-31-17-10-8-13-27(31)19-23-33(37)43(35)6;1-20-12-8-11(15)10(7-13(12)21(17,18)19)14(16)9-5-3-2-4-6-9;1-17-13-9-11(7-8-12(13)16-14)15-10-5-3-2-4-6-10;1-6-2-4-7(5-3-6)11(8,9)10/h7-10,12-13,16-25H,11,14-15H2,1-6H3;2-8,15H,1H3,(H,17,18,19);2-9,15H,1H3;2-5H,1H3,(H,8,9,10)/q+1;;+1;/p-2. The van der Waals surface area contributed by atoms with Crippen LogP contribution in [-0.4, -0.2) is 75.4 Å². The number of allylic oxidation sites excluding steroid dienone is 8. The van der Waals surface area contributed by atoms with Crippen LogP contribution in [-0.2, 0) is 31.1 Å². The third-order valence-corrected chi connectivity index (χ3v) is 18.8. The molecule has 2 aliphatic heterocycles. The van der Waals surface area contributed by atoms with E-state index in [4.69, 9.17) is 26.5 Å². The molecule has 0 unspecified atom stereocenters. The SMILES string of the molecule is CN1C(=CC=C2CCCC(C=CC3=[N+](C)c4ccc5ccccc5c4C3(C)C)=C2Cl)C(C)(C)c2c1ccc1ccccc21.COc1cc(Nc2ccccc2)ccc1[N+]#N.COc1cc(O)c(C(=O)c2ccccc2)cc1S(=O)(=O)[O-].Cc1ccc(S(=O)(=O)[O-])cc1. The molecule has 9 aromatic carbocycles. The predicted molar refractivity (Wildman–Crippen MR) is 364 cm³/mol. The van der Waals surface area contributed by atoms with Crippen LogP contribution in [0.25, 0.3) is 26.5 Å². The number of likely N-dealkylation sites (N-methyl/N-ethyl adjacent to an activating group) is 1. The molecule has 18 heteroatoms. The lowest BCUT2D eigenvalue weighted by Gasteiger charge is -2.25. The van der Waals surface area contributed by atoms with Crippen molar-refractivity contribution in [2.24, 2.45) is 0 Å². The smallest absolute Gasteiger partial charge is 0.426 e. The highest BCUT2D eigenvalue weighted by atomic mass is 35.5. The van der Waals surface area contributed by atoms with Gasteiger partial charge >= 0.3 is 5.69 Å². The van der Waals surface area contributed by atoms with E-state index in [1.54, 1.807) is 42.5 Å². The number of nitrogens with zero attached hydrogens (tertiary/aromatic N) is 4. The molecule has 0 saturated carbocycles. The van der Waals surface area contributed by atoms with Crippen LogP contribution < -0.4 is 19.7 Å². The summed E-state index contributed by atoms with van der Waals surface area (Å²) in [5, 5.41) is 28.0. The summed E-state index contributed by atoms with van der Waals surface area (Å²) in [5.41, 5.74) is 13.4. The third-order valence-electron chi connectivity index (χ3n) is 16.6. The number of para-hydroxylation sites is 1. The van der Waals surface area contributed by atoms with Gasteiger partial charge in [-0.2, -0.15) is 4.58 Å². The Morgan fingerprint density at radius 1 is 0.685 bits per heavy atom. The summed E-state index contributed by atoms with van der Waals surface area (Å²) in [4.78, 5) is 16.9. The van der Waals surface area contributed by atoms with Gasteiger partial charge in [-0.25, -0.2) is 16.8 Å². The summed E-state index contributed by atoms with van der Waals surface area (Å²) in [6.07, 6.45) is 12.3. The van der Waals surface area contributed by atoms with Crippen LogP contribution in [0.1, 0.15) is 79.6 Å². The van der Waals surface area contributed by atoms with Crippen molar-refractivity contribution < 1.29 is 49.9 Å². The molecule has 0 aromatic heterocycles. The fourth-order valence-electron chi connectivity index (χ4n) is 12.0. The van der Waals surface area contributed by atoms with E-state index in [2.05, 4.69) is 159 Å². The summed E-state index contributed by atoms with van der Waals surface area (Å²) in [5.74, 6) is -0.853. The molecule has 0 spiro atoms. The van der Waals surface area contributed by atoms with E-state index in [-0.39, 0.29) is 32.6 Å². The van der Waals surface area contributed by atoms with E-state index in [9.17, 15) is 35.8 Å². The van der Waals surface area contributed by atoms with E-state index in [1.807, 2.05) is 43.3 Å². The van der Waals surface area contributed by atoms with Crippen molar-refractivity contribution in [2.75, 3.05) is 38.5 Å². The summed E-state index contributed by atoms with van der Waals surface area (Å²) in [7, 11) is -2.03. The largest absolute Gasteiger partial charge is 0.744 e. The predicted octanol–water partition coefficient (Wildman–Crippen LogP) is 16.8. The molecule has 2 N–H and O–H groups in total. The number of aromatic hydroxyl groups is 1. The van der Waals surface area contributed by atoms with Gasteiger partial charge in [-0.1, -0.05) is 158 Å². The van der Waals surface area contributed by atoms with Gasteiger partial charge in [0.15, 0.2) is 16.5 Å². The van der Waals surface area contributed by atoms with E-state index in [0.29, 0.717) is 11.4 Å². The van der Waals surface area contributed by atoms with Gasteiger partial charge in [0.05, 0.1) is 35.0 Å². The number of hydrogen-bond donors (Lipinski definition) is 2. The van der Waals surface area contributed by atoms with Crippen molar-refractivity contribution in [2.45, 2.75) is 74.5 Å². The van der Waals surface area contributed by atoms with Crippen LogP contribution in [0.3, 0.4) is 0 Å². The Morgan fingerprint density at radius 2 is 1.28 bits per heavy atom. The number of diazo groups is 1. The number of benzene rings is 9. The Hall–Kier alpha value is -9.67. The fraction of sp³-hybridized carbons (Fsp3) is 0.189. The van der Waals surface area contributed by atoms with Crippen LogP contribution in [0.4, 0.5) is 28.4 Å². The quantitative estimate of drug-likeness (QED) is 0.0534. The summed E-state index contributed by atoms with van der Waals surface area (Å²) < 4.78 is 77.0. The molecule has 2 heterocycles. The van der Waals surface area contributed by atoms with Crippen molar-refractivity contribution in [1.82, 2.24) is 0 Å². The minimum atomic E-state index is -4.84. The number of carbonyl (C=O) groups excluding carboxylic acids is 1. The first-order valence-electron chi connectivity index (χ1n) is 29.5. The number of halogens is 1. The molecule has 92 heavy (non-hydrogen) atoms. The summed E-state index contributed by atoms with van der Waals surface area (Å²) in [6, 6.07) is 57.1. The van der Waals surface area contributed by atoms with Crippen LogP contribution in [0.5, 0.6) is 17.2 Å². The van der Waals surface area contributed by atoms with Gasteiger partial charge in [-0.3, -0.25) is 4.79 Å². The lowest BCUT2D eigenvalue weighted by atomic mass is 9.79. The van der Waals surface area contributed by atoms with Crippen LogP contribution >= 0.6 is 11.6 Å². The van der Waals surface area contributed by atoms with Gasteiger partial charge in [0.25, 0.3) is 0 Å². The molecule has 9 aromatic rings. The first-order valence-corrected chi connectivity index (χ1v) is 32.7. The number of rotatable bonds is 11. The lowest BCUT2D eigenvalue weighted by Crippen LogP contribution is -2.27. The Kier molecular flexibility index (Phi) is 20.2. The maximum Gasteiger partial charge on any atom is 0.426 e. The zero-order valence-electron chi connectivity index (χ0n) is 52.4. The van der Waals surface area contributed by atoms with Crippen molar-refractivity contribution in [3.05, 3.63) is 267 Å². The topological polar surface area (TPSA) is 217 Å². The zero-order valence-corrected chi connectivity index (χ0v) is 54.8. The number of ether oxygens (including phenoxy) is 2. The highest BCUT2D eigenvalue weighted by Gasteiger charge is 2.44. The van der Waals surface area contributed by atoms with Gasteiger partial charge in [0, 0.05) is 81.7 Å². The summed E-state index contributed by atoms with van der Waals surface area (Å²) >= 11 is 7.16. The van der Waals surface area contributed by atoms with Gasteiger partial charge in [0.1, 0.15) is 38.8 Å². The Bertz CT molecular complexity index is 4750. The number of phenols is 1. The number of nitrogens with one attached hydrogen (secondary N) is 1. The normalized spacial score (nSPS) is 15.6. The first-order chi connectivity index (χ1) is 43.8. The average Bonchev–Trinajstić information content (AvgIpc) is 1.58. The van der Waals surface area contributed by atoms with Crippen molar-refractivity contribution in [3.8, 4) is 17.2 Å². The Balaban J connectivity index is 0.000000169. The van der Waals surface area contributed by atoms with Crippen LogP contribution in [0.2, 0.25) is 0 Å². The van der Waals surface area contributed by atoms with E-state index in [1.165, 1.54) is 98.0 Å². The van der Waals surface area contributed by atoms with E-state index >= 15 is 0 Å². The van der Waals surface area contributed by atoms with E-state index < -0.39 is 36.7 Å². The van der Waals surface area contributed by atoms with Gasteiger partial charge in [0.2, 0.25) is 16.8 Å². The lowest BCUT2D eigenvalue weighted by molar-refractivity contribution is -0.401. The zero-order chi connectivity index (χ0) is 66.3. The molecular weight excluding hydrogens is 1220 g/mol. The van der Waals surface area contributed by atoms with Crippen LogP contribution in [0, 0.1) is 12.3 Å². The molecule has 15 nitrogen and oxygen atoms in total. The Labute approximate surface area is 542 Å². The molecule has 0 amide bonds. The highest BCUT2D eigenvalue weighted by molar-refractivity contribution is 7.86. The number of phenolic OH excluding ortho intramolecular Hbond substituents is 1. The molecular formula is C74H70ClN5O10S2. The molecule has 12 rings (SSSR count). The van der Waals surface area contributed by atoms with Crippen molar-refractivity contribution >= 4 is 93.3 Å². The molecule has 0 atom stereocenters. The van der Waals surface area contributed by atoms with E-state index in [0.717, 1.165) is 60.5 Å². The second kappa shape index (κ2) is 27.8. The first kappa shape index (κ1) is 66.7. The van der Waals surface area contributed by atoms with Gasteiger partial charge in [-0.15, -0.1) is 0 Å². The second-order valence-corrected chi connectivity index (χ2v) is 26.4.